The number of amides is 1. The van der Waals surface area contributed by atoms with Crippen molar-refractivity contribution in [1.29, 1.82) is 0 Å². The fourth-order valence-electron chi connectivity index (χ4n) is 3.97. The molecule has 1 amide bonds. The Kier molecular flexibility index (Phi) is 6.87. The second kappa shape index (κ2) is 9.66. The third kappa shape index (κ3) is 4.68. The number of aromatic nitrogens is 1. The van der Waals surface area contributed by atoms with E-state index >= 15 is 0 Å². The van der Waals surface area contributed by atoms with Crippen molar-refractivity contribution >= 4 is 37.5 Å². The lowest BCUT2D eigenvalue weighted by molar-refractivity contribution is -0.122. The molecule has 0 radical (unpaired) electrons. The molecule has 0 saturated carbocycles. The fourth-order valence-corrected chi connectivity index (χ4v) is 6.48. The molecular formula is C23H27N3O5S2. The zero-order valence-electron chi connectivity index (χ0n) is 18.9. The first-order chi connectivity index (χ1) is 15.8. The minimum absolute atomic E-state index is 0.211. The molecule has 10 heteroatoms. The molecule has 0 aliphatic carbocycles. The van der Waals surface area contributed by atoms with Crippen LogP contribution in [-0.2, 0) is 21.9 Å². The van der Waals surface area contributed by atoms with E-state index in [-0.39, 0.29) is 29.8 Å². The molecule has 33 heavy (non-hydrogen) atoms. The molecule has 0 unspecified atom stereocenters. The molecule has 0 spiro atoms. The molecule has 176 valence electrons. The van der Waals surface area contributed by atoms with Crippen molar-refractivity contribution in [2.75, 3.05) is 26.8 Å². The summed E-state index contributed by atoms with van der Waals surface area (Å²) in [5.41, 5.74) is 0.913. The molecular weight excluding hydrogens is 462 g/mol. The molecule has 3 aromatic rings. The van der Waals surface area contributed by atoms with E-state index in [1.54, 1.807) is 24.3 Å². The van der Waals surface area contributed by atoms with Gasteiger partial charge in [-0.2, -0.15) is 9.30 Å². The normalized spacial score (nSPS) is 16.3. The number of carbonyl (C=O) groups is 1. The lowest BCUT2D eigenvalue weighted by atomic mass is 9.98. The van der Waals surface area contributed by atoms with E-state index < -0.39 is 10.0 Å². The zero-order valence-corrected chi connectivity index (χ0v) is 20.5. The molecule has 0 atom stereocenters. The van der Waals surface area contributed by atoms with Crippen molar-refractivity contribution in [3.63, 3.8) is 0 Å². The molecule has 1 aliphatic heterocycles. The van der Waals surface area contributed by atoms with Gasteiger partial charge in [0.15, 0.2) is 4.80 Å². The molecule has 4 rings (SSSR count). The van der Waals surface area contributed by atoms with E-state index in [0.717, 1.165) is 16.0 Å². The van der Waals surface area contributed by atoms with Crippen LogP contribution >= 0.6 is 11.3 Å². The molecule has 1 aromatic heterocycles. The zero-order chi connectivity index (χ0) is 23.6. The molecule has 0 bridgehead atoms. The van der Waals surface area contributed by atoms with Crippen LogP contribution in [0.5, 0.6) is 11.5 Å². The molecule has 1 fully saturated rings. The number of hydrogen-bond acceptors (Lipinski definition) is 6. The Hall–Kier alpha value is -2.69. The van der Waals surface area contributed by atoms with E-state index in [4.69, 9.17) is 9.47 Å². The molecule has 2 aromatic carbocycles. The van der Waals surface area contributed by atoms with Gasteiger partial charge in [0, 0.05) is 26.1 Å². The highest BCUT2D eigenvalue weighted by molar-refractivity contribution is 7.89. The Bertz CT molecular complexity index is 1320. The number of nitrogens with zero attached hydrogens (tertiary/aromatic N) is 3. The number of rotatable bonds is 6. The summed E-state index contributed by atoms with van der Waals surface area (Å²) in [5.74, 6) is 0.850. The van der Waals surface area contributed by atoms with Gasteiger partial charge in [-0.05, 0) is 56.2 Å². The van der Waals surface area contributed by atoms with Crippen LogP contribution in [0.3, 0.4) is 0 Å². The summed E-state index contributed by atoms with van der Waals surface area (Å²) >= 11 is 1.44. The molecule has 1 aliphatic rings. The Morgan fingerprint density at radius 2 is 1.85 bits per heavy atom. The lowest BCUT2D eigenvalue weighted by Crippen LogP contribution is -2.40. The van der Waals surface area contributed by atoms with Gasteiger partial charge in [-0.15, -0.1) is 0 Å². The van der Waals surface area contributed by atoms with E-state index in [1.807, 2.05) is 36.7 Å². The van der Waals surface area contributed by atoms with Crippen LogP contribution in [0.15, 0.2) is 52.4 Å². The topological polar surface area (TPSA) is 90.2 Å². The second-order valence-corrected chi connectivity index (χ2v) is 10.7. The summed E-state index contributed by atoms with van der Waals surface area (Å²) in [7, 11) is -0.202. The van der Waals surface area contributed by atoms with Crippen LogP contribution in [0.25, 0.3) is 10.2 Å². The number of para-hydroxylation sites is 1. The molecule has 1 saturated heterocycles. The van der Waals surface area contributed by atoms with E-state index in [2.05, 4.69) is 4.99 Å². The maximum Gasteiger partial charge on any atom is 0.251 e. The van der Waals surface area contributed by atoms with Gasteiger partial charge in [0.05, 0.1) is 23.3 Å². The number of carbonyl (C=O) groups excluding carboxylic acids is 1. The number of hydrogen-bond donors (Lipinski definition) is 0. The van der Waals surface area contributed by atoms with Gasteiger partial charge in [0.25, 0.3) is 5.91 Å². The first kappa shape index (κ1) is 23.5. The maximum absolute atomic E-state index is 12.9. The van der Waals surface area contributed by atoms with Gasteiger partial charge in [-0.25, -0.2) is 8.42 Å². The summed E-state index contributed by atoms with van der Waals surface area (Å²) in [6, 6.07) is 12.2. The van der Waals surface area contributed by atoms with Crippen LogP contribution in [-0.4, -0.2) is 50.0 Å². The van der Waals surface area contributed by atoms with Gasteiger partial charge >= 0.3 is 0 Å². The Labute approximate surface area is 197 Å². The maximum atomic E-state index is 12.9. The first-order valence-electron chi connectivity index (χ1n) is 10.8. The molecule has 2 heterocycles. The largest absolute Gasteiger partial charge is 0.497 e. The van der Waals surface area contributed by atoms with Gasteiger partial charge in [0.1, 0.15) is 17.0 Å². The minimum Gasteiger partial charge on any atom is -0.497 e. The summed E-state index contributed by atoms with van der Waals surface area (Å²) < 4.78 is 41.0. The van der Waals surface area contributed by atoms with Crippen LogP contribution < -0.4 is 14.3 Å². The van der Waals surface area contributed by atoms with Gasteiger partial charge in [-0.1, -0.05) is 17.4 Å². The minimum atomic E-state index is -3.61. The van der Waals surface area contributed by atoms with Crippen molar-refractivity contribution in [1.82, 2.24) is 8.87 Å². The van der Waals surface area contributed by atoms with Gasteiger partial charge < -0.3 is 14.0 Å². The number of fused-ring (bicyclic) bond motifs is 1. The van der Waals surface area contributed by atoms with E-state index in [9.17, 15) is 13.2 Å². The summed E-state index contributed by atoms with van der Waals surface area (Å²) in [4.78, 5) is 18.1. The smallest absolute Gasteiger partial charge is 0.251 e. The Morgan fingerprint density at radius 3 is 2.48 bits per heavy atom. The highest BCUT2D eigenvalue weighted by atomic mass is 32.2. The summed E-state index contributed by atoms with van der Waals surface area (Å²) in [5, 5.41) is 0. The monoisotopic (exact) mass is 489 g/mol. The van der Waals surface area contributed by atoms with E-state index in [1.165, 1.54) is 22.8 Å². The van der Waals surface area contributed by atoms with Gasteiger partial charge in [-0.3, -0.25) is 4.79 Å². The van der Waals surface area contributed by atoms with E-state index in [0.29, 0.717) is 30.0 Å². The van der Waals surface area contributed by atoms with Crippen molar-refractivity contribution in [3.8, 4) is 11.5 Å². The van der Waals surface area contributed by atoms with Crippen LogP contribution in [0.2, 0.25) is 0 Å². The highest BCUT2D eigenvalue weighted by Crippen LogP contribution is 2.28. The number of benzene rings is 2. The van der Waals surface area contributed by atoms with Crippen molar-refractivity contribution < 1.29 is 22.7 Å². The highest BCUT2D eigenvalue weighted by Gasteiger charge is 2.32. The van der Waals surface area contributed by atoms with Crippen LogP contribution in [0.1, 0.15) is 19.8 Å². The number of aryl methyl sites for hydroxylation is 1. The number of ether oxygens (including phenoxy) is 2. The number of piperidine rings is 1. The van der Waals surface area contributed by atoms with Gasteiger partial charge in [0.2, 0.25) is 10.0 Å². The first-order valence-corrected chi connectivity index (χ1v) is 13.0. The third-order valence-corrected chi connectivity index (χ3v) is 8.80. The Balaban J connectivity index is 1.49. The average molecular weight is 490 g/mol. The number of thiazole rings is 1. The summed E-state index contributed by atoms with van der Waals surface area (Å²) in [6.45, 7) is 3.06. The standard InChI is InChI=1S/C23H27N3O5S2/c1-4-31-19-6-5-7-20-21(19)25(2)23(32-20)24-22(27)16-12-14-26(15-13-16)33(28,29)18-10-8-17(30-3)9-11-18/h5-11,16H,4,12-15H2,1-3H3. The second-order valence-electron chi connectivity index (χ2n) is 7.78. The third-order valence-electron chi connectivity index (χ3n) is 5.79. The lowest BCUT2D eigenvalue weighted by Gasteiger charge is -2.29. The van der Waals surface area contributed by atoms with Crippen molar-refractivity contribution in [3.05, 3.63) is 47.3 Å². The number of sulfonamides is 1. The number of methoxy groups -OCH3 is 1. The predicted octanol–water partition coefficient (Wildman–Crippen LogP) is 3.18. The van der Waals surface area contributed by atoms with Crippen LogP contribution in [0, 0.1) is 5.92 Å². The quantitative estimate of drug-likeness (QED) is 0.531. The summed E-state index contributed by atoms with van der Waals surface area (Å²) in [6.07, 6.45) is 0.882. The Morgan fingerprint density at radius 1 is 1.15 bits per heavy atom. The van der Waals surface area contributed by atoms with Crippen LogP contribution in [0.4, 0.5) is 0 Å². The SMILES string of the molecule is CCOc1cccc2sc(=NC(=O)C3CCN(S(=O)(=O)c4ccc(OC)cc4)CC3)n(C)c12. The molecule has 8 nitrogen and oxygen atoms in total. The fraction of sp³-hybridized carbons (Fsp3) is 0.391. The predicted molar refractivity (Wildman–Crippen MR) is 127 cm³/mol. The average Bonchev–Trinajstić information content (AvgIpc) is 3.15. The van der Waals surface area contributed by atoms with Crippen molar-refractivity contribution in [2.24, 2.45) is 18.0 Å². The molecule has 0 N–H and O–H groups in total. The van der Waals surface area contributed by atoms with Crippen molar-refractivity contribution in [2.45, 2.75) is 24.7 Å².